The molecule has 8 heteroatoms. The quantitative estimate of drug-likeness (QED) is 0.756. The normalized spacial score (nSPS) is 16.7. The molecular formula is C19H19N7O. The van der Waals surface area contributed by atoms with E-state index < -0.39 is 0 Å². The average Bonchev–Trinajstić information content (AvgIpc) is 2.75. The van der Waals surface area contributed by atoms with Crippen molar-refractivity contribution in [2.45, 2.75) is 18.9 Å². The number of anilines is 1. The zero-order valence-corrected chi connectivity index (χ0v) is 14.7. The minimum atomic E-state index is -0.169. The smallest absolute Gasteiger partial charge is 0.254 e. The van der Waals surface area contributed by atoms with Crippen LogP contribution in [0, 0.1) is 0 Å². The van der Waals surface area contributed by atoms with Gasteiger partial charge in [0.05, 0.1) is 5.56 Å². The van der Waals surface area contributed by atoms with Gasteiger partial charge in [0.1, 0.15) is 0 Å². The second-order valence-corrected chi connectivity index (χ2v) is 6.34. The largest absolute Gasteiger partial charge is 0.347 e. The molecule has 3 aromatic rings. The summed E-state index contributed by atoms with van der Waals surface area (Å²) in [7, 11) is 0. The van der Waals surface area contributed by atoms with Crippen LogP contribution in [0.4, 0.5) is 5.95 Å². The van der Waals surface area contributed by atoms with Gasteiger partial charge in [-0.2, -0.15) is 0 Å². The maximum atomic E-state index is 12.6. The molecule has 8 nitrogen and oxygen atoms in total. The highest BCUT2D eigenvalue weighted by Crippen LogP contribution is 2.16. The van der Waals surface area contributed by atoms with Crippen molar-refractivity contribution in [3.8, 4) is 11.4 Å². The lowest BCUT2D eigenvalue weighted by atomic mass is 10.1. The Morgan fingerprint density at radius 3 is 2.52 bits per heavy atom. The Labute approximate surface area is 156 Å². The lowest BCUT2D eigenvalue weighted by molar-refractivity contribution is 0.0932. The molecule has 136 valence electrons. The summed E-state index contributed by atoms with van der Waals surface area (Å²) in [6.45, 7) is 1.58. The number of nitrogens with one attached hydrogen (secondary N) is 1. The highest BCUT2D eigenvalue weighted by Gasteiger charge is 2.23. The highest BCUT2D eigenvalue weighted by molar-refractivity contribution is 5.94. The van der Waals surface area contributed by atoms with Gasteiger partial charge < -0.3 is 10.2 Å². The minimum absolute atomic E-state index is 0.0370. The zero-order valence-electron chi connectivity index (χ0n) is 14.7. The number of rotatable bonds is 4. The number of carbonyl (C=O) groups is 1. The fourth-order valence-corrected chi connectivity index (χ4v) is 3.10. The van der Waals surface area contributed by atoms with Crippen molar-refractivity contribution in [1.82, 2.24) is 30.2 Å². The van der Waals surface area contributed by atoms with Crippen molar-refractivity contribution in [3.63, 3.8) is 0 Å². The molecule has 1 atom stereocenters. The second-order valence-electron chi connectivity index (χ2n) is 6.34. The molecule has 1 amide bonds. The van der Waals surface area contributed by atoms with E-state index in [0.717, 1.165) is 24.9 Å². The van der Waals surface area contributed by atoms with Crippen LogP contribution in [0.1, 0.15) is 23.2 Å². The second kappa shape index (κ2) is 7.86. The van der Waals surface area contributed by atoms with Crippen LogP contribution >= 0.6 is 0 Å². The molecule has 0 aromatic carbocycles. The van der Waals surface area contributed by atoms with E-state index in [1.165, 1.54) is 0 Å². The average molecular weight is 361 g/mol. The van der Waals surface area contributed by atoms with E-state index >= 15 is 0 Å². The molecule has 27 heavy (non-hydrogen) atoms. The molecule has 1 N–H and O–H groups in total. The summed E-state index contributed by atoms with van der Waals surface area (Å²) in [6, 6.07) is 5.49. The van der Waals surface area contributed by atoms with Crippen molar-refractivity contribution in [2.24, 2.45) is 0 Å². The third-order valence-electron chi connectivity index (χ3n) is 4.44. The van der Waals surface area contributed by atoms with Gasteiger partial charge in [0, 0.05) is 61.9 Å². The van der Waals surface area contributed by atoms with Crippen molar-refractivity contribution >= 4 is 11.9 Å². The SMILES string of the molecule is O=C(N[C@H]1CCCN(c2ncccn2)C1)c1cnc(-c2ccncc2)nc1. The Balaban J connectivity index is 1.40. The van der Waals surface area contributed by atoms with Crippen LogP contribution in [0.25, 0.3) is 11.4 Å². The molecule has 1 saturated heterocycles. The number of hydrogen-bond acceptors (Lipinski definition) is 7. The molecule has 0 spiro atoms. The van der Waals surface area contributed by atoms with Gasteiger partial charge in [0.2, 0.25) is 5.95 Å². The van der Waals surface area contributed by atoms with Crippen LogP contribution in [0.15, 0.2) is 55.4 Å². The van der Waals surface area contributed by atoms with Gasteiger partial charge in [0.25, 0.3) is 5.91 Å². The van der Waals surface area contributed by atoms with Crippen LogP contribution < -0.4 is 10.2 Å². The number of amides is 1. The van der Waals surface area contributed by atoms with Crippen LogP contribution in [0.2, 0.25) is 0 Å². The first-order valence-electron chi connectivity index (χ1n) is 8.85. The summed E-state index contributed by atoms with van der Waals surface area (Å²) in [6.07, 6.45) is 11.8. The van der Waals surface area contributed by atoms with Crippen LogP contribution in [0.3, 0.4) is 0 Å². The first-order valence-corrected chi connectivity index (χ1v) is 8.85. The molecule has 0 aliphatic carbocycles. The number of carbonyl (C=O) groups excluding carboxylic acids is 1. The Morgan fingerprint density at radius 1 is 1.04 bits per heavy atom. The van der Waals surface area contributed by atoms with E-state index in [0.29, 0.717) is 23.9 Å². The van der Waals surface area contributed by atoms with Gasteiger partial charge in [-0.1, -0.05) is 0 Å². The van der Waals surface area contributed by atoms with Gasteiger partial charge in [-0.3, -0.25) is 9.78 Å². The van der Waals surface area contributed by atoms with Gasteiger partial charge in [0.15, 0.2) is 5.82 Å². The molecule has 0 unspecified atom stereocenters. The van der Waals surface area contributed by atoms with E-state index in [2.05, 4.69) is 35.1 Å². The Hall–Kier alpha value is -3.42. The first-order chi connectivity index (χ1) is 13.3. The zero-order chi connectivity index (χ0) is 18.5. The fraction of sp³-hybridized carbons (Fsp3) is 0.263. The predicted octanol–water partition coefficient (Wildman–Crippen LogP) is 1.73. The van der Waals surface area contributed by atoms with E-state index in [1.807, 2.05) is 12.1 Å². The number of piperidine rings is 1. The van der Waals surface area contributed by atoms with E-state index in [-0.39, 0.29) is 11.9 Å². The number of hydrogen-bond donors (Lipinski definition) is 1. The van der Waals surface area contributed by atoms with E-state index in [9.17, 15) is 4.79 Å². The molecule has 1 fully saturated rings. The summed E-state index contributed by atoms with van der Waals surface area (Å²) in [5, 5.41) is 3.07. The van der Waals surface area contributed by atoms with Gasteiger partial charge in [-0.15, -0.1) is 0 Å². The van der Waals surface area contributed by atoms with Crippen molar-refractivity contribution in [2.75, 3.05) is 18.0 Å². The van der Waals surface area contributed by atoms with Crippen molar-refractivity contribution in [3.05, 3.63) is 60.9 Å². The molecular weight excluding hydrogens is 342 g/mol. The van der Waals surface area contributed by atoms with Crippen molar-refractivity contribution in [1.29, 1.82) is 0 Å². The molecule has 0 radical (unpaired) electrons. The van der Waals surface area contributed by atoms with Crippen LogP contribution in [-0.2, 0) is 0 Å². The maximum Gasteiger partial charge on any atom is 0.254 e. The Kier molecular flexibility index (Phi) is 4.95. The van der Waals surface area contributed by atoms with E-state index in [4.69, 9.17) is 0 Å². The summed E-state index contributed by atoms with van der Waals surface area (Å²) < 4.78 is 0. The molecule has 1 aliphatic rings. The number of aromatic nitrogens is 5. The van der Waals surface area contributed by atoms with Crippen LogP contribution in [-0.4, -0.2) is 50.0 Å². The third kappa shape index (κ3) is 4.05. The molecule has 4 rings (SSSR count). The minimum Gasteiger partial charge on any atom is -0.347 e. The fourth-order valence-electron chi connectivity index (χ4n) is 3.10. The number of pyridine rings is 1. The Bertz CT molecular complexity index is 887. The molecule has 0 bridgehead atoms. The van der Waals surface area contributed by atoms with Crippen LogP contribution in [0.5, 0.6) is 0 Å². The summed E-state index contributed by atoms with van der Waals surface area (Å²) in [5.74, 6) is 1.10. The maximum absolute atomic E-state index is 12.6. The van der Waals surface area contributed by atoms with Gasteiger partial charge in [-0.05, 0) is 31.0 Å². The monoisotopic (exact) mass is 361 g/mol. The standard InChI is InChI=1S/C19H19N7O/c27-18(15-11-23-17(24-12-15)14-4-8-20-9-5-14)25-16-3-1-10-26(13-16)19-21-6-2-7-22-19/h2,4-9,11-12,16H,1,3,10,13H2,(H,25,27)/t16-/m0/s1. The number of nitrogens with zero attached hydrogens (tertiary/aromatic N) is 6. The van der Waals surface area contributed by atoms with Gasteiger partial charge in [-0.25, -0.2) is 19.9 Å². The molecule has 0 saturated carbocycles. The third-order valence-corrected chi connectivity index (χ3v) is 4.44. The molecule has 4 heterocycles. The topological polar surface area (TPSA) is 96.8 Å². The highest BCUT2D eigenvalue weighted by atomic mass is 16.1. The van der Waals surface area contributed by atoms with Gasteiger partial charge >= 0.3 is 0 Å². The van der Waals surface area contributed by atoms with Crippen molar-refractivity contribution < 1.29 is 4.79 Å². The molecule has 1 aliphatic heterocycles. The predicted molar refractivity (Wildman–Crippen MR) is 100.0 cm³/mol. The summed E-state index contributed by atoms with van der Waals surface area (Å²) in [4.78, 5) is 35.8. The summed E-state index contributed by atoms with van der Waals surface area (Å²) >= 11 is 0. The Morgan fingerprint density at radius 2 is 1.78 bits per heavy atom. The van der Waals surface area contributed by atoms with E-state index in [1.54, 1.807) is 43.2 Å². The lowest BCUT2D eigenvalue weighted by Crippen LogP contribution is -2.48. The first kappa shape index (κ1) is 17.0. The lowest BCUT2D eigenvalue weighted by Gasteiger charge is -2.33. The molecule has 3 aromatic heterocycles. The summed E-state index contributed by atoms with van der Waals surface area (Å²) in [5.41, 5.74) is 1.31.